The molecule has 0 aliphatic carbocycles. The van der Waals surface area contributed by atoms with E-state index in [0.29, 0.717) is 19.6 Å². The number of aromatic nitrogens is 2. The lowest BCUT2D eigenvalue weighted by molar-refractivity contribution is -0.120. The highest BCUT2D eigenvalue weighted by Crippen LogP contribution is 2.21. The Labute approximate surface area is 230 Å². The summed E-state index contributed by atoms with van der Waals surface area (Å²) >= 11 is 0. The summed E-state index contributed by atoms with van der Waals surface area (Å²) in [6, 6.07) is 34.9. The predicted molar refractivity (Wildman–Crippen MR) is 158 cm³/mol. The molecule has 5 aromatic rings. The molecular formula is C34H35N3O2. The van der Waals surface area contributed by atoms with Gasteiger partial charge in [0.1, 0.15) is 11.6 Å². The molecular weight excluding hydrogens is 482 g/mol. The number of hydrogen-bond donors (Lipinski definition) is 1. The average Bonchev–Trinajstić information content (AvgIpc) is 3.32. The fraction of sp³-hybridized carbons (Fsp3) is 0.235. The Morgan fingerprint density at radius 3 is 2.36 bits per heavy atom. The normalized spacial score (nSPS) is 11.0. The van der Waals surface area contributed by atoms with Gasteiger partial charge >= 0.3 is 0 Å². The molecule has 0 aliphatic rings. The number of carbonyl (C=O) groups is 1. The van der Waals surface area contributed by atoms with Crippen molar-refractivity contribution in [2.75, 3.05) is 13.2 Å². The Hall–Kier alpha value is -4.38. The summed E-state index contributed by atoms with van der Waals surface area (Å²) in [4.78, 5) is 17.4. The summed E-state index contributed by atoms with van der Waals surface area (Å²) in [6.45, 7) is 4.18. The minimum absolute atomic E-state index is 0.0457. The first kappa shape index (κ1) is 26.2. The highest BCUT2D eigenvalue weighted by Gasteiger charge is 2.11. The smallest absolute Gasteiger partial charge is 0.224 e. The van der Waals surface area contributed by atoms with Crippen molar-refractivity contribution in [1.82, 2.24) is 14.9 Å². The summed E-state index contributed by atoms with van der Waals surface area (Å²) in [6.07, 6.45) is 2.91. The van der Waals surface area contributed by atoms with Crippen LogP contribution in [-0.4, -0.2) is 28.6 Å². The first-order chi connectivity index (χ1) is 19.2. The van der Waals surface area contributed by atoms with Crippen molar-refractivity contribution in [1.29, 1.82) is 0 Å². The molecule has 0 bridgehead atoms. The molecule has 0 radical (unpaired) electrons. The van der Waals surface area contributed by atoms with E-state index in [4.69, 9.17) is 9.72 Å². The molecule has 5 heteroatoms. The Kier molecular flexibility index (Phi) is 8.69. The molecule has 0 saturated carbocycles. The van der Waals surface area contributed by atoms with Gasteiger partial charge in [0.25, 0.3) is 0 Å². The van der Waals surface area contributed by atoms with Crippen molar-refractivity contribution in [2.45, 2.75) is 39.2 Å². The van der Waals surface area contributed by atoms with Crippen molar-refractivity contribution >= 4 is 16.9 Å². The van der Waals surface area contributed by atoms with Crippen LogP contribution in [0.25, 0.3) is 22.2 Å². The molecule has 1 amide bonds. The van der Waals surface area contributed by atoms with Crippen molar-refractivity contribution < 1.29 is 9.53 Å². The van der Waals surface area contributed by atoms with E-state index >= 15 is 0 Å². The predicted octanol–water partition coefficient (Wildman–Crippen LogP) is 6.77. The molecule has 0 aliphatic heterocycles. The van der Waals surface area contributed by atoms with Crippen LogP contribution in [0.5, 0.6) is 5.75 Å². The van der Waals surface area contributed by atoms with Crippen molar-refractivity contribution in [3.8, 4) is 16.9 Å². The number of amides is 1. The van der Waals surface area contributed by atoms with Crippen LogP contribution in [0.4, 0.5) is 0 Å². The molecule has 0 fully saturated rings. The molecule has 0 saturated heterocycles. The zero-order valence-electron chi connectivity index (χ0n) is 22.5. The lowest BCUT2D eigenvalue weighted by atomic mass is 10.0. The SMILES string of the molecule is Cc1ccccc1OCCCn1c(CCCNC(=O)Cc2ccc(-c3ccccc3)cc2)nc2ccccc21. The summed E-state index contributed by atoms with van der Waals surface area (Å²) in [7, 11) is 0. The van der Waals surface area contributed by atoms with Crippen molar-refractivity contribution in [3.63, 3.8) is 0 Å². The topological polar surface area (TPSA) is 56.1 Å². The average molecular weight is 518 g/mol. The van der Waals surface area contributed by atoms with E-state index in [-0.39, 0.29) is 5.91 Å². The van der Waals surface area contributed by atoms with Crippen LogP contribution in [0.2, 0.25) is 0 Å². The van der Waals surface area contributed by atoms with Crippen LogP contribution in [0, 0.1) is 6.92 Å². The van der Waals surface area contributed by atoms with Gasteiger partial charge in [-0.1, -0.05) is 84.9 Å². The Bertz CT molecular complexity index is 1510. The van der Waals surface area contributed by atoms with Gasteiger partial charge in [-0.2, -0.15) is 0 Å². The number of rotatable bonds is 12. The summed E-state index contributed by atoms with van der Waals surface area (Å²) in [5.74, 6) is 2.04. The number of benzene rings is 4. The van der Waals surface area contributed by atoms with Gasteiger partial charge in [-0.25, -0.2) is 4.98 Å². The Morgan fingerprint density at radius 1 is 0.821 bits per heavy atom. The summed E-state index contributed by atoms with van der Waals surface area (Å²) in [5.41, 5.74) is 6.66. The molecule has 198 valence electrons. The summed E-state index contributed by atoms with van der Waals surface area (Å²) in [5, 5.41) is 3.08. The number of para-hydroxylation sites is 3. The standard InChI is InChI=1S/C34H35N3O2/c1-26-11-5-8-16-32(26)39-24-10-23-37-31-15-7-6-14-30(31)36-33(37)17-9-22-35-34(38)25-27-18-20-29(21-19-27)28-12-3-2-4-13-28/h2-8,11-16,18-21H,9-10,17,22-25H2,1H3,(H,35,38). The fourth-order valence-electron chi connectivity index (χ4n) is 4.86. The van der Waals surface area contributed by atoms with Crippen LogP contribution >= 0.6 is 0 Å². The first-order valence-corrected chi connectivity index (χ1v) is 13.7. The van der Waals surface area contributed by atoms with Crippen molar-refractivity contribution in [3.05, 3.63) is 120 Å². The van der Waals surface area contributed by atoms with Crippen molar-refractivity contribution in [2.24, 2.45) is 0 Å². The van der Waals surface area contributed by atoms with E-state index in [1.807, 2.05) is 54.6 Å². The molecule has 1 N–H and O–H groups in total. The maximum absolute atomic E-state index is 12.6. The molecule has 0 spiro atoms. The van der Waals surface area contributed by atoms with Crippen LogP contribution < -0.4 is 10.1 Å². The number of carbonyl (C=O) groups excluding carboxylic acids is 1. The maximum Gasteiger partial charge on any atom is 0.224 e. The second kappa shape index (κ2) is 12.9. The number of imidazole rings is 1. The molecule has 1 heterocycles. The molecule has 5 rings (SSSR count). The maximum atomic E-state index is 12.6. The molecule has 4 aromatic carbocycles. The molecule has 5 nitrogen and oxygen atoms in total. The van der Waals surface area contributed by atoms with Gasteiger partial charge in [0, 0.05) is 19.5 Å². The molecule has 0 atom stereocenters. The lowest BCUT2D eigenvalue weighted by Crippen LogP contribution is -2.26. The van der Waals surface area contributed by atoms with Gasteiger partial charge in [0.05, 0.1) is 24.1 Å². The van der Waals surface area contributed by atoms with Gasteiger partial charge < -0.3 is 14.6 Å². The molecule has 0 unspecified atom stereocenters. The Morgan fingerprint density at radius 2 is 1.54 bits per heavy atom. The van der Waals surface area contributed by atoms with Gasteiger partial charge in [-0.15, -0.1) is 0 Å². The van der Waals surface area contributed by atoms with Gasteiger partial charge in [0.15, 0.2) is 0 Å². The largest absolute Gasteiger partial charge is 0.493 e. The number of nitrogens with one attached hydrogen (secondary N) is 1. The number of fused-ring (bicyclic) bond motifs is 1. The second-order valence-electron chi connectivity index (χ2n) is 9.83. The van der Waals surface area contributed by atoms with E-state index in [0.717, 1.165) is 65.1 Å². The number of hydrogen-bond acceptors (Lipinski definition) is 3. The number of nitrogens with zero attached hydrogens (tertiary/aromatic N) is 2. The minimum atomic E-state index is 0.0457. The van der Waals surface area contributed by atoms with E-state index in [9.17, 15) is 4.79 Å². The van der Waals surface area contributed by atoms with Gasteiger partial charge in [-0.3, -0.25) is 4.79 Å². The quantitative estimate of drug-likeness (QED) is 0.186. The van der Waals surface area contributed by atoms with E-state index in [2.05, 4.69) is 65.3 Å². The monoisotopic (exact) mass is 517 g/mol. The number of aryl methyl sites for hydroxylation is 3. The van der Waals surface area contributed by atoms with Crippen LogP contribution in [0.3, 0.4) is 0 Å². The highest BCUT2D eigenvalue weighted by atomic mass is 16.5. The van der Waals surface area contributed by atoms with Crippen LogP contribution in [0.15, 0.2) is 103 Å². The summed E-state index contributed by atoms with van der Waals surface area (Å²) < 4.78 is 8.31. The van der Waals surface area contributed by atoms with Gasteiger partial charge in [-0.05, 0) is 60.2 Å². The number of ether oxygens (including phenoxy) is 1. The fourth-order valence-corrected chi connectivity index (χ4v) is 4.86. The van der Waals surface area contributed by atoms with Gasteiger partial charge in [0.2, 0.25) is 5.91 Å². The third-order valence-electron chi connectivity index (χ3n) is 6.94. The first-order valence-electron chi connectivity index (χ1n) is 13.7. The second-order valence-corrected chi connectivity index (χ2v) is 9.83. The van der Waals surface area contributed by atoms with E-state index < -0.39 is 0 Å². The molecule has 1 aromatic heterocycles. The third kappa shape index (κ3) is 6.94. The third-order valence-corrected chi connectivity index (χ3v) is 6.94. The van der Waals surface area contributed by atoms with Crippen LogP contribution in [-0.2, 0) is 24.2 Å². The zero-order chi connectivity index (χ0) is 26.9. The lowest BCUT2D eigenvalue weighted by Gasteiger charge is -2.12. The van der Waals surface area contributed by atoms with E-state index in [1.54, 1.807) is 0 Å². The minimum Gasteiger partial charge on any atom is -0.493 e. The zero-order valence-corrected chi connectivity index (χ0v) is 22.5. The van der Waals surface area contributed by atoms with Crippen LogP contribution in [0.1, 0.15) is 29.8 Å². The highest BCUT2D eigenvalue weighted by molar-refractivity contribution is 5.79. The molecule has 39 heavy (non-hydrogen) atoms. The Balaban J connectivity index is 1.11. The van der Waals surface area contributed by atoms with E-state index in [1.165, 1.54) is 5.56 Å².